The van der Waals surface area contributed by atoms with Gasteiger partial charge in [-0.2, -0.15) is 0 Å². The number of carbonyl (C=O) groups excluding carboxylic acids is 2. The summed E-state index contributed by atoms with van der Waals surface area (Å²) in [5, 5.41) is 96.0. The Kier molecular flexibility index (Phi) is 10.2. The number of hydrogen-bond acceptors (Lipinski definition) is 14. The molecule has 1 unspecified atom stereocenters. The average molecular weight is 504 g/mol. The predicted octanol–water partition coefficient (Wildman–Crippen LogP) is -4.84. The zero-order valence-electron chi connectivity index (χ0n) is 18.1. The maximum absolute atomic E-state index is 12.1. The Morgan fingerprint density at radius 3 is 2.26 bits per heavy atom. The fourth-order valence-electron chi connectivity index (χ4n) is 3.10. The first-order valence-electron chi connectivity index (χ1n) is 10.3. The second-order valence-corrected chi connectivity index (χ2v) is 7.78. The summed E-state index contributed by atoms with van der Waals surface area (Å²) in [4.78, 5) is 24.1. The molecule has 1 aromatic carbocycles. The van der Waals surface area contributed by atoms with Crippen LogP contribution < -0.4 is 4.74 Å². The standard InChI is InChI=1S/C21H28O14/c22-6-11(26)15(28)18(31)17(30)14(27)10(25)4-2-8-1-3-9(24)12(5-8)34-21-20(33)19(32)16(29)13(7-23)35-21/h1-5,11,13,15-24,26,28-33H,6-7H2/t11-,13-,15-,16-,17+,18+,19+,20-,21?/m1/s1. The van der Waals surface area contributed by atoms with Crippen molar-refractivity contribution in [2.75, 3.05) is 13.2 Å². The summed E-state index contributed by atoms with van der Waals surface area (Å²) in [5.74, 6) is -3.57. The summed E-state index contributed by atoms with van der Waals surface area (Å²) >= 11 is 0. The molecule has 1 saturated heterocycles. The highest BCUT2D eigenvalue weighted by atomic mass is 16.7. The van der Waals surface area contributed by atoms with Gasteiger partial charge in [0.2, 0.25) is 17.9 Å². The molecule has 0 amide bonds. The number of aliphatic hydroxyl groups is 9. The number of allylic oxidation sites excluding steroid dienone is 1. The molecule has 1 aromatic rings. The number of carbonyl (C=O) groups is 2. The lowest BCUT2D eigenvalue weighted by molar-refractivity contribution is -0.277. The quantitative estimate of drug-likeness (QED) is 0.100. The monoisotopic (exact) mass is 504 g/mol. The number of ether oxygens (including phenoxy) is 2. The van der Waals surface area contributed by atoms with Gasteiger partial charge in [-0.3, -0.25) is 9.59 Å². The van der Waals surface area contributed by atoms with Crippen molar-refractivity contribution in [2.24, 2.45) is 0 Å². The van der Waals surface area contributed by atoms with Crippen LogP contribution in [0, 0.1) is 0 Å². The topological polar surface area (TPSA) is 255 Å². The molecule has 9 atom stereocenters. The van der Waals surface area contributed by atoms with Crippen LogP contribution in [-0.4, -0.2) is 131 Å². The molecule has 196 valence electrons. The van der Waals surface area contributed by atoms with Crippen LogP contribution in [0.1, 0.15) is 5.56 Å². The molecular weight excluding hydrogens is 476 g/mol. The van der Waals surface area contributed by atoms with Crippen molar-refractivity contribution in [3.05, 3.63) is 29.8 Å². The summed E-state index contributed by atoms with van der Waals surface area (Å²) in [6, 6.07) is 3.56. The first kappa shape index (κ1) is 28.7. The third-order valence-corrected chi connectivity index (χ3v) is 5.27. The molecule has 10 N–H and O–H groups in total. The molecule has 0 bridgehead atoms. The lowest BCUT2D eigenvalue weighted by atomic mass is 9.98. The summed E-state index contributed by atoms with van der Waals surface area (Å²) in [7, 11) is 0. The predicted molar refractivity (Wildman–Crippen MR) is 113 cm³/mol. The van der Waals surface area contributed by atoms with E-state index in [-0.39, 0.29) is 11.3 Å². The number of aliphatic hydroxyl groups excluding tert-OH is 9. The maximum Gasteiger partial charge on any atom is 0.233 e. The van der Waals surface area contributed by atoms with Crippen LogP contribution in [0.15, 0.2) is 24.3 Å². The SMILES string of the molecule is O=C(C=Cc1ccc(O)c(OC2O[C@H](CO)[C@@H](O)[C@H](O)[C@H]2O)c1)C(=O)[C@H](O)[C@@H](O)[C@H](O)[C@H](O)CO. The van der Waals surface area contributed by atoms with E-state index in [0.717, 1.165) is 18.2 Å². The Hall–Kier alpha value is -2.50. The second kappa shape index (κ2) is 12.5. The molecule has 0 radical (unpaired) electrons. The molecule has 1 aliphatic rings. The van der Waals surface area contributed by atoms with Crippen molar-refractivity contribution in [3.63, 3.8) is 0 Å². The van der Waals surface area contributed by atoms with E-state index in [1.807, 2.05) is 0 Å². The third kappa shape index (κ3) is 6.80. The van der Waals surface area contributed by atoms with Gasteiger partial charge in [0.05, 0.1) is 13.2 Å². The van der Waals surface area contributed by atoms with Crippen LogP contribution in [0.25, 0.3) is 6.08 Å². The fourth-order valence-corrected chi connectivity index (χ4v) is 3.10. The van der Waals surface area contributed by atoms with Crippen LogP contribution in [0.5, 0.6) is 11.5 Å². The van der Waals surface area contributed by atoms with Crippen LogP contribution >= 0.6 is 0 Å². The number of aromatic hydroxyl groups is 1. The van der Waals surface area contributed by atoms with E-state index in [1.165, 1.54) is 6.07 Å². The zero-order valence-corrected chi connectivity index (χ0v) is 18.1. The van der Waals surface area contributed by atoms with Crippen LogP contribution in [0.4, 0.5) is 0 Å². The Bertz CT molecular complexity index is 902. The van der Waals surface area contributed by atoms with Gasteiger partial charge in [-0.05, 0) is 23.8 Å². The molecule has 0 aromatic heterocycles. The van der Waals surface area contributed by atoms with E-state index < -0.39 is 85.7 Å². The number of phenolic OH excluding ortho intramolecular Hbond substituents is 1. The summed E-state index contributed by atoms with van der Waals surface area (Å²) in [5.41, 5.74) is 0.161. The minimum Gasteiger partial charge on any atom is -0.504 e. The van der Waals surface area contributed by atoms with Gasteiger partial charge in [-0.15, -0.1) is 0 Å². The van der Waals surface area contributed by atoms with Gasteiger partial charge < -0.3 is 60.5 Å². The summed E-state index contributed by atoms with van der Waals surface area (Å²) in [6.07, 6.45) is -14.8. The van der Waals surface area contributed by atoms with E-state index in [0.29, 0.717) is 6.08 Å². The van der Waals surface area contributed by atoms with Gasteiger partial charge in [-0.25, -0.2) is 0 Å². The number of hydrogen-bond donors (Lipinski definition) is 10. The number of rotatable bonds is 11. The molecule has 0 saturated carbocycles. The molecular formula is C21H28O14. The molecule has 0 aliphatic carbocycles. The Morgan fingerprint density at radius 2 is 1.66 bits per heavy atom. The molecule has 14 nitrogen and oxygen atoms in total. The maximum atomic E-state index is 12.1. The third-order valence-electron chi connectivity index (χ3n) is 5.27. The highest BCUT2D eigenvalue weighted by Crippen LogP contribution is 2.31. The van der Waals surface area contributed by atoms with Crippen LogP contribution in [0.2, 0.25) is 0 Å². The second-order valence-electron chi connectivity index (χ2n) is 7.78. The zero-order chi connectivity index (χ0) is 26.4. The first-order chi connectivity index (χ1) is 16.4. The van der Waals surface area contributed by atoms with Crippen molar-refractivity contribution >= 4 is 17.6 Å². The molecule has 1 fully saturated rings. The lowest BCUT2D eigenvalue weighted by Gasteiger charge is -2.39. The van der Waals surface area contributed by atoms with E-state index in [4.69, 9.17) is 14.6 Å². The van der Waals surface area contributed by atoms with E-state index in [2.05, 4.69) is 0 Å². The van der Waals surface area contributed by atoms with Crippen LogP contribution in [0.3, 0.4) is 0 Å². The molecule has 1 aliphatic heterocycles. The molecule has 1 heterocycles. The number of Topliss-reactive ketones (excluding diaryl/α,β-unsaturated/α-hetero) is 1. The Morgan fingerprint density at radius 1 is 1.00 bits per heavy atom. The fraction of sp³-hybridized carbons (Fsp3) is 0.524. The van der Waals surface area contributed by atoms with E-state index in [9.17, 15) is 55.5 Å². The van der Waals surface area contributed by atoms with Crippen molar-refractivity contribution < 1.29 is 70.1 Å². The largest absolute Gasteiger partial charge is 0.504 e. The highest BCUT2D eigenvalue weighted by molar-refractivity contribution is 6.43. The smallest absolute Gasteiger partial charge is 0.233 e. The van der Waals surface area contributed by atoms with Crippen LogP contribution in [-0.2, 0) is 14.3 Å². The van der Waals surface area contributed by atoms with Gasteiger partial charge in [-0.1, -0.05) is 12.1 Å². The normalized spacial score (nSPS) is 28.3. The molecule has 2 rings (SSSR count). The van der Waals surface area contributed by atoms with Crippen molar-refractivity contribution in [3.8, 4) is 11.5 Å². The summed E-state index contributed by atoms with van der Waals surface area (Å²) < 4.78 is 10.5. The highest BCUT2D eigenvalue weighted by Gasteiger charge is 2.45. The first-order valence-corrected chi connectivity index (χ1v) is 10.3. The van der Waals surface area contributed by atoms with Gasteiger partial charge in [0.1, 0.15) is 48.8 Å². The molecule has 35 heavy (non-hydrogen) atoms. The Balaban J connectivity index is 2.11. The Labute approximate surface area is 198 Å². The van der Waals surface area contributed by atoms with Crippen molar-refractivity contribution in [1.82, 2.24) is 0 Å². The minimum absolute atomic E-state index is 0.161. The summed E-state index contributed by atoms with van der Waals surface area (Å²) in [6.45, 7) is -1.67. The van der Waals surface area contributed by atoms with Gasteiger partial charge >= 0.3 is 0 Å². The molecule has 14 heteroatoms. The number of phenols is 1. The van der Waals surface area contributed by atoms with E-state index in [1.54, 1.807) is 0 Å². The van der Waals surface area contributed by atoms with Gasteiger partial charge in [0, 0.05) is 0 Å². The van der Waals surface area contributed by atoms with E-state index >= 15 is 0 Å². The number of benzene rings is 1. The average Bonchev–Trinajstić information content (AvgIpc) is 2.86. The van der Waals surface area contributed by atoms with Gasteiger partial charge in [0.15, 0.2) is 11.5 Å². The van der Waals surface area contributed by atoms with Crippen molar-refractivity contribution in [1.29, 1.82) is 0 Å². The lowest BCUT2D eigenvalue weighted by Crippen LogP contribution is -2.60. The minimum atomic E-state index is -2.40. The van der Waals surface area contributed by atoms with Crippen molar-refractivity contribution in [2.45, 2.75) is 55.1 Å². The van der Waals surface area contributed by atoms with Gasteiger partial charge in [0.25, 0.3) is 0 Å². The number of ketones is 2. The molecule has 0 spiro atoms.